The van der Waals surface area contributed by atoms with Crippen LogP contribution in [0, 0.1) is 12.7 Å². The molecule has 1 aromatic carbocycles. The van der Waals surface area contributed by atoms with Crippen LogP contribution < -0.4 is 5.73 Å². The Morgan fingerprint density at radius 2 is 2.19 bits per heavy atom. The SMILES string of the molecule is Cc1cc(-n2cncc2[C@@H](C)N)ccc1F. The zero-order chi connectivity index (χ0) is 11.7. The lowest BCUT2D eigenvalue weighted by molar-refractivity contribution is 0.617. The molecule has 0 radical (unpaired) electrons. The largest absolute Gasteiger partial charge is 0.323 e. The minimum atomic E-state index is -0.203. The van der Waals surface area contributed by atoms with E-state index in [2.05, 4.69) is 4.98 Å². The van der Waals surface area contributed by atoms with Crippen molar-refractivity contribution in [3.63, 3.8) is 0 Å². The Bertz CT molecular complexity index is 503. The number of aryl methyl sites for hydroxylation is 1. The predicted molar refractivity (Wildman–Crippen MR) is 60.9 cm³/mol. The fraction of sp³-hybridized carbons (Fsp3) is 0.250. The first kappa shape index (κ1) is 10.8. The lowest BCUT2D eigenvalue weighted by Crippen LogP contribution is -2.10. The molecule has 16 heavy (non-hydrogen) atoms. The lowest BCUT2D eigenvalue weighted by Gasteiger charge is -2.11. The molecule has 0 unspecified atom stereocenters. The van der Waals surface area contributed by atoms with Crippen molar-refractivity contribution in [2.24, 2.45) is 5.73 Å². The van der Waals surface area contributed by atoms with Crippen LogP contribution in [-0.4, -0.2) is 9.55 Å². The Labute approximate surface area is 93.7 Å². The number of nitrogens with zero attached hydrogens (tertiary/aromatic N) is 2. The molecular formula is C12H14FN3. The van der Waals surface area contributed by atoms with Gasteiger partial charge in [-0.1, -0.05) is 0 Å². The smallest absolute Gasteiger partial charge is 0.126 e. The number of imidazole rings is 1. The molecule has 84 valence electrons. The van der Waals surface area contributed by atoms with Gasteiger partial charge in [0, 0.05) is 11.7 Å². The van der Waals surface area contributed by atoms with Crippen molar-refractivity contribution in [1.29, 1.82) is 0 Å². The summed E-state index contributed by atoms with van der Waals surface area (Å²) in [5.74, 6) is -0.203. The third-order valence-electron chi connectivity index (χ3n) is 2.55. The second-order valence-corrected chi connectivity index (χ2v) is 3.91. The highest BCUT2D eigenvalue weighted by atomic mass is 19.1. The quantitative estimate of drug-likeness (QED) is 0.842. The highest BCUT2D eigenvalue weighted by Crippen LogP contribution is 2.18. The summed E-state index contributed by atoms with van der Waals surface area (Å²) in [6.45, 7) is 3.63. The van der Waals surface area contributed by atoms with Crippen molar-refractivity contribution >= 4 is 0 Å². The summed E-state index contributed by atoms with van der Waals surface area (Å²) in [6, 6.07) is 4.85. The Kier molecular flexibility index (Phi) is 2.75. The molecule has 3 nitrogen and oxygen atoms in total. The molecule has 0 aliphatic rings. The molecule has 4 heteroatoms. The standard InChI is InChI=1S/C12H14FN3/c1-8-5-10(3-4-11(8)13)16-7-15-6-12(16)9(2)14/h3-7,9H,14H2,1-2H3/t9-/m1/s1. The van der Waals surface area contributed by atoms with Gasteiger partial charge in [0.1, 0.15) is 5.82 Å². The van der Waals surface area contributed by atoms with Gasteiger partial charge in [0.15, 0.2) is 0 Å². The van der Waals surface area contributed by atoms with E-state index in [1.807, 2.05) is 11.5 Å². The van der Waals surface area contributed by atoms with Crippen LogP contribution in [0.4, 0.5) is 4.39 Å². The van der Waals surface area contributed by atoms with Crippen molar-refractivity contribution in [3.8, 4) is 5.69 Å². The monoisotopic (exact) mass is 219 g/mol. The van der Waals surface area contributed by atoms with Gasteiger partial charge in [-0.15, -0.1) is 0 Å². The minimum absolute atomic E-state index is 0.104. The third-order valence-corrected chi connectivity index (χ3v) is 2.55. The summed E-state index contributed by atoms with van der Waals surface area (Å²) in [4.78, 5) is 4.06. The van der Waals surface area contributed by atoms with Gasteiger partial charge in [-0.25, -0.2) is 9.37 Å². The molecule has 0 amide bonds. The number of rotatable bonds is 2. The maximum Gasteiger partial charge on any atom is 0.126 e. The van der Waals surface area contributed by atoms with Gasteiger partial charge in [-0.2, -0.15) is 0 Å². The summed E-state index contributed by atoms with van der Waals surface area (Å²) in [6.07, 6.45) is 3.41. The van der Waals surface area contributed by atoms with Crippen LogP contribution in [-0.2, 0) is 0 Å². The van der Waals surface area contributed by atoms with E-state index < -0.39 is 0 Å². The van der Waals surface area contributed by atoms with Crippen molar-refractivity contribution < 1.29 is 4.39 Å². The van der Waals surface area contributed by atoms with Crippen LogP contribution in [0.15, 0.2) is 30.7 Å². The molecule has 1 heterocycles. The van der Waals surface area contributed by atoms with Crippen molar-refractivity contribution in [2.45, 2.75) is 19.9 Å². The zero-order valence-electron chi connectivity index (χ0n) is 9.31. The van der Waals surface area contributed by atoms with Gasteiger partial charge < -0.3 is 10.3 Å². The number of hydrogen-bond acceptors (Lipinski definition) is 2. The molecular weight excluding hydrogens is 205 g/mol. The van der Waals surface area contributed by atoms with Gasteiger partial charge in [-0.05, 0) is 37.6 Å². The van der Waals surface area contributed by atoms with Crippen LogP contribution in [0.5, 0.6) is 0 Å². The maximum atomic E-state index is 13.1. The van der Waals surface area contributed by atoms with Gasteiger partial charge >= 0.3 is 0 Å². The Balaban J connectivity index is 2.50. The number of aromatic nitrogens is 2. The summed E-state index contributed by atoms with van der Waals surface area (Å²) in [5, 5.41) is 0. The van der Waals surface area contributed by atoms with E-state index in [1.54, 1.807) is 31.6 Å². The molecule has 0 aliphatic carbocycles. The summed E-state index contributed by atoms with van der Waals surface area (Å²) in [7, 11) is 0. The Morgan fingerprint density at radius 3 is 2.81 bits per heavy atom. The molecule has 0 spiro atoms. The second kappa shape index (κ2) is 4.06. The van der Waals surface area contributed by atoms with Crippen LogP contribution in [0.25, 0.3) is 5.69 Å². The lowest BCUT2D eigenvalue weighted by atomic mass is 10.2. The summed E-state index contributed by atoms with van der Waals surface area (Å²) >= 11 is 0. The Morgan fingerprint density at radius 1 is 1.44 bits per heavy atom. The molecule has 0 saturated heterocycles. The first-order chi connectivity index (χ1) is 7.59. The topological polar surface area (TPSA) is 43.8 Å². The first-order valence-electron chi connectivity index (χ1n) is 5.14. The van der Waals surface area contributed by atoms with Crippen molar-refractivity contribution in [3.05, 3.63) is 47.8 Å². The van der Waals surface area contributed by atoms with Crippen LogP contribution >= 0.6 is 0 Å². The van der Waals surface area contributed by atoms with E-state index in [-0.39, 0.29) is 11.9 Å². The first-order valence-corrected chi connectivity index (χ1v) is 5.14. The van der Waals surface area contributed by atoms with Crippen LogP contribution in [0.3, 0.4) is 0 Å². The molecule has 0 fully saturated rings. The fourth-order valence-electron chi connectivity index (χ4n) is 1.64. The second-order valence-electron chi connectivity index (χ2n) is 3.91. The van der Waals surface area contributed by atoms with Gasteiger partial charge in [0.25, 0.3) is 0 Å². The van der Waals surface area contributed by atoms with Crippen LogP contribution in [0.2, 0.25) is 0 Å². The molecule has 2 N–H and O–H groups in total. The Hall–Kier alpha value is -1.68. The van der Waals surface area contributed by atoms with Crippen molar-refractivity contribution in [2.75, 3.05) is 0 Å². The van der Waals surface area contributed by atoms with E-state index in [0.717, 1.165) is 11.4 Å². The number of nitrogens with two attached hydrogens (primary N) is 1. The third kappa shape index (κ3) is 1.84. The molecule has 1 aromatic heterocycles. The summed E-state index contributed by atoms with van der Waals surface area (Å²) < 4.78 is 15.0. The zero-order valence-corrected chi connectivity index (χ0v) is 9.31. The maximum absolute atomic E-state index is 13.1. The average Bonchev–Trinajstić information content (AvgIpc) is 2.71. The molecule has 2 rings (SSSR count). The number of hydrogen-bond donors (Lipinski definition) is 1. The molecule has 0 saturated carbocycles. The fourth-order valence-corrected chi connectivity index (χ4v) is 1.64. The molecule has 2 aromatic rings. The molecule has 0 bridgehead atoms. The van der Waals surface area contributed by atoms with E-state index >= 15 is 0 Å². The minimum Gasteiger partial charge on any atom is -0.323 e. The number of halogens is 1. The van der Waals surface area contributed by atoms with E-state index in [9.17, 15) is 4.39 Å². The average molecular weight is 219 g/mol. The number of benzene rings is 1. The van der Waals surface area contributed by atoms with E-state index in [0.29, 0.717) is 5.56 Å². The van der Waals surface area contributed by atoms with Gasteiger partial charge in [0.05, 0.1) is 18.2 Å². The van der Waals surface area contributed by atoms with Crippen molar-refractivity contribution in [1.82, 2.24) is 9.55 Å². The molecule has 1 atom stereocenters. The highest BCUT2D eigenvalue weighted by molar-refractivity contribution is 5.38. The van der Waals surface area contributed by atoms with Gasteiger partial charge in [-0.3, -0.25) is 0 Å². The highest BCUT2D eigenvalue weighted by Gasteiger charge is 2.09. The predicted octanol–water partition coefficient (Wildman–Crippen LogP) is 2.34. The van der Waals surface area contributed by atoms with E-state index in [4.69, 9.17) is 5.73 Å². The van der Waals surface area contributed by atoms with Gasteiger partial charge in [0.2, 0.25) is 0 Å². The van der Waals surface area contributed by atoms with E-state index in [1.165, 1.54) is 6.07 Å². The molecule has 0 aliphatic heterocycles. The summed E-state index contributed by atoms with van der Waals surface area (Å²) in [5.41, 5.74) is 8.23. The normalized spacial score (nSPS) is 12.8. The van der Waals surface area contributed by atoms with Crippen LogP contribution in [0.1, 0.15) is 24.2 Å².